The van der Waals surface area contributed by atoms with Crippen LogP contribution in [-0.4, -0.2) is 35.8 Å². The highest BCUT2D eigenvalue weighted by Crippen LogP contribution is 2.23. The second-order valence-corrected chi connectivity index (χ2v) is 6.30. The third-order valence-corrected chi connectivity index (χ3v) is 4.70. The molecular weight excluding hydrogens is 288 g/mol. The van der Waals surface area contributed by atoms with Gasteiger partial charge in [-0.1, -0.05) is 44.2 Å². The topological polar surface area (TPSA) is 49.4 Å². The second-order valence-electron chi connectivity index (χ2n) is 6.30. The van der Waals surface area contributed by atoms with Gasteiger partial charge in [-0.15, -0.1) is 0 Å². The minimum Gasteiger partial charge on any atom is -0.356 e. The third kappa shape index (κ3) is 4.81. The van der Waals surface area contributed by atoms with Crippen LogP contribution >= 0.6 is 0 Å². The first-order valence-corrected chi connectivity index (χ1v) is 8.76. The highest BCUT2D eigenvalue weighted by atomic mass is 16.2. The maximum absolute atomic E-state index is 12.3. The summed E-state index contributed by atoms with van der Waals surface area (Å²) in [6.45, 7) is 5.44. The Hall–Kier alpha value is -1.84. The van der Waals surface area contributed by atoms with Crippen molar-refractivity contribution in [3.05, 3.63) is 35.9 Å². The largest absolute Gasteiger partial charge is 0.356 e. The lowest BCUT2D eigenvalue weighted by Gasteiger charge is -2.26. The number of carbonyl (C=O) groups is 2. The zero-order valence-corrected chi connectivity index (χ0v) is 14.3. The molecule has 1 aliphatic heterocycles. The molecule has 1 saturated heterocycles. The molecule has 1 aromatic rings. The maximum Gasteiger partial charge on any atom is 0.225 e. The maximum atomic E-state index is 12.3. The molecule has 4 heteroatoms. The van der Waals surface area contributed by atoms with Gasteiger partial charge >= 0.3 is 0 Å². The first-order valence-electron chi connectivity index (χ1n) is 8.76. The van der Waals surface area contributed by atoms with Crippen molar-refractivity contribution in [3.63, 3.8) is 0 Å². The van der Waals surface area contributed by atoms with Crippen LogP contribution in [0, 0.1) is 5.92 Å². The van der Waals surface area contributed by atoms with Gasteiger partial charge < -0.3 is 10.2 Å². The van der Waals surface area contributed by atoms with Crippen molar-refractivity contribution >= 4 is 11.8 Å². The van der Waals surface area contributed by atoms with Crippen LogP contribution in [0.2, 0.25) is 0 Å². The number of amides is 2. The van der Waals surface area contributed by atoms with Crippen LogP contribution in [0.5, 0.6) is 0 Å². The predicted molar refractivity (Wildman–Crippen MR) is 92.0 cm³/mol. The summed E-state index contributed by atoms with van der Waals surface area (Å²) in [4.78, 5) is 26.3. The minimum absolute atomic E-state index is 0.0277. The molecule has 4 nitrogen and oxygen atoms in total. The number of carbonyl (C=O) groups excluding carboxylic acids is 2. The number of aryl methyl sites for hydroxylation is 1. The van der Waals surface area contributed by atoms with Crippen molar-refractivity contribution in [3.8, 4) is 0 Å². The standard InChI is InChI=1S/C19H28N2O2/c1-3-17(4-2)21-14-16(13-18(21)22)19(23)20-12-8-11-15-9-6-5-7-10-15/h5-7,9-10,16-17H,3-4,8,11-14H2,1-2H3,(H,20,23). The molecular formula is C19H28N2O2. The number of hydrogen-bond donors (Lipinski definition) is 1. The van der Waals surface area contributed by atoms with Crippen LogP contribution in [0.3, 0.4) is 0 Å². The Kier molecular flexibility index (Phi) is 6.63. The first kappa shape index (κ1) is 17.5. The molecule has 0 spiro atoms. The van der Waals surface area contributed by atoms with E-state index in [4.69, 9.17) is 0 Å². The summed E-state index contributed by atoms with van der Waals surface area (Å²) in [5.74, 6) is -0.0252. The van der Waals surface area contributed by atoms with Crippen LogP contribution in [0.4, 0.5) is 0 Å². The average molecular weight is 316 g/mol. The van der Waals surface area contributed by atoms with Gasteiger partial charge in [-0.3, -0.25) is 9.59 Å². The van der Waals surface area contributed by atoms with Gasteiger partial charge in [0.05, 0.1) is 5.92 Å². The summed E-state index contributed by atoms with van der Waals surface area (Å²) in [6, 6.07) is 10.6. The quantitative estimate of drug-likeness (QED) is 0.750. The highest BCUT2D eigenvalue weighted by Gasteiger charge is 2.36. The molecule has 1 N–H and O–H groups in total. The van der Waals surface area contributed by atoms with Gasteiger partial charge in [0.15, 0.2) is 0 Å². The van der Waals surface area contributed by atoms with E-state index in [1.54, 1.807) is 0 Å². The van der Waals surface area contributed by atoms with E-state index in [0.717, 1.165) is 25.7 Å². The van der Waals surface area contributed by atoms with Crippen LogP contribution in [-0.2, 0) is 16.0 Å². The lowest BCUT2D eigenvalue weighted by molar-refractivity contribution is -0.130. The molecule has 126 valence electrons. The fraction of sp³-hybridized carbons (Fsp3) is 0.579. The van der Waals surface area contributed by atoms with E-state index in [0.29, 0.717) is 19.5 Å². The predicted octanol–water partition coefficient (Wildman–Crippen LogP) is 2.77. The lowest BCUT2D eigenvalue weighted by Crippen LogP contribution is -2.38. The Morgan fingerprint density at radius 2 is 1.96 bits per heavy atom. The molecule has 1 unspecified atom stereocenters. The van der Waals surface area contributed by atoms with Crippen molar-refractivity contribution in [2.24, 2.45) is 5.92 Å². The smallest absolute Gasteiger partial charge is 0.225 e. The Morgan fingerprint density at radius 3 is 2.61 bits per heavy atom. The van der Waals surface area contributed by atoms with E-state index in [1.807, 2.05) is 23.1 Å². The molecule has 0 radical (unpaired) electrons. The molecule has 0 bridgehead atoms. The van der Waals surface area contributed by atoms with Gasteiger partial charge in [0.25, 0.3) is 0 Å². The molecule has 0 aromatic heterocycles. The van der Waals surface area contributed by atoms with Crippen molar-refractivity contribution in [2.45, 2.75) is 52.0 Å². The number of nitrogens with one attached hydrogen (secondary N) is 1. The normalized spacial score (nSPS) is 17.8. The Balaban J connectivity index is 1.73. The molecule has 1 heterocycles. The highest BCUT2D eigenvalue weighted by molar-refractivity contribution is 5.89. The SMILES string of the molecule is CCC(CC)N1CC(C(=O)NCCCc2ccccc2)CC1=O. The molecule has 2 amide bonds. The Morgan fingerprint density at radius 1 is 1.26 bits per heavy atom. The number of nitrogens with zero attached hydrogens (tertiary/aromatic N) is 1. The van der Waals surface area contributed by atoms with Crippen molar-refractivity contribution < 1.29 is 9.59 Å². The molecule has 2 rings (SSSR count). The average Bonchev–Trinajstić information content (AvgIpc) is 2.96. The van der Waals surface area contributed by atoms with Gasteiger partial charge in [0.1, 0.15) is 0 Å². The summed E-state index contributed by atoms with van der Waals surface area (Å²) in [5, 5.41) is 2.99. The van der Waals surface area contributed by atoms with Crippen molar-refractivity contribution in [1.29, 1.82) is 0 Å². The molecule has 0 aliphatic carbocycles. The monoisotopic (exact) mass is 316 g/mol. The molecule has 1 fully saturated rings. The van der Waals surface area contributed by atoms with E-state index in [1.165, 1.54) is 5.56 Å². The summed E-state index contributed by atoms with van der Waals surface area (Å²) in [7, 11) is 0. The van der Waals surface area contributed by atoms with E-state index in [2.05, 4.69) is 31.3 Å². The zero-order valence-electron chi connectivity index (χ0n) is 14.3. The lowest BCUT2D eigenvalue weighted by atomic mass is 10.1. The fourth-order valence-corrected chi connectivity index (χ4v) is 3.28. The van der Waals surface area contributed by atoms with Crippen LogP contribution in [0.1, 0.15) is 45.1 Å². The Labute approximate surface area is 139 Å². The number of hydrogen-bond acceptors (Lipinski definition) is 2. The Bertz CT molecular complexity index is 511. The van der Waals surface area contributed by atoms with E-state index < -0.39 is 0 Å². The van der Waals surface area contributed by atoms with Gasteiger partial charge in [0, 0.05) is 25.6 Å². The van der Waals surface area contributed by atoms with E-state index >= 15 is 0 Å². The van der Waals surface area contributed by atoms with Gasteiger partial charge in [0.2, 0.25) is 11.8 Å². The molecule has 1 aliphatic rings. The van der Waals surface area contributed by atoms with Crippen LogP contribution < -0.4 is 5.32 Å². The van der Waals surface area contributed by atoms with Gasteiger partial charge in [-0.25, -0.2) is 0 Å². The molecule has 1 atom stereocenters. The molecule has 1 aromatic carbocycles. The minimum atomic E-state index is -0.181. The van der Waals surface area contributed by atoms with Gasteiger partial charge in [-0.2, -0.15) is 0 Å². The second kappa shape index (κ2) is 8.70. The van der Waals surface area contributed by atoms with Crippen LogP contribution in [0.25, 0.3) is 0 Å². The summed E-state index contributed by atoms with van der Waals surface area (Å²) >= 11 is 0. The number of likely N-dealkylation sites (tertiary alicyclic amines) is 1. The van der Waals surface area contributed by atoms with Crippen molar-refractivity contribution in [2.75, 3.05) is 13.1 Å². The zero-order chi connectivity index (χ0) is 16.7. The summed E-state index contributed by atoms with van der Waals surface area (Å²) in [5.41, 5.74) is 1.29. The van der Waals surface area contributed by atoms with Gasteiger partial charge in [-0.05, 0) is 31.2 Å². The molecule has 23 heavy (non-hydrogen) atoms. The van der Waals surface area contributed by atoms with Crippen molar-refractivity contribution in [1.82, 2.24) is 10.2 Å². The third-order valence-electron chi connectivity index (χ3n) is 4.70. The summed E-state index contributed by atoms with van der Waals surface area (Å²) in [6.07, 6.45) is 4.15. The molecule has 0 saturated carbocycles. The fourth-order valence-electron chi connectivity index (χ4n) is 3.28. The van der Waals surface area contributed by atoms with Crippen LogP contribution in [0.15, 0.2) is 30.3 Å². The first-order chi connectivity index (χ1) is 11.2. The number of benzene rings is 1. The van der Waals surface area contributed by atoms with E-state index in [9.17, 15) is 9.59 Å². The van der Waals surface area contributed by atoms with E-state index in [-0.39, 0.29) is 23.8 Å². The summed E-state index contributed by atoms with van der Waals surface area (Å²) < 4.78 is 0. The number of rotatable bonds is 8.